The minimum atomic E-state index is 0.484. The van der Waals surface area contributed by atoms with Gasteiger partial charge in [-0.3, -0.25) is 0 Å². The fourth-order valence-corrected chi connectivity index (χ4v) is 3.46. The molecule has 0 radical (unpaired) electrons. The minimum Gasteiger partial charge on any atom is -0.306 e. The molecule has 17 heavy (non-hydrogen) atoms. The summed E-state index contributed by atoms with van der Waals surface area (Å²) in [5, 5.41) is 5.97. The fraction of sp³-hybridized carbons (Fsp3) is 0.714. The van der Waals surface area contributed by atoms with Gasteiger partial charge in [-0.25, -0.2) is 0 Å². The number of hydrogen-bond acceptors (Lipinski definition) is 3. The quantitative estimate of drug-likeness (QED) is 0.889. The lowest BCUT2D eigenvalue weighted by Gasteiger charge is -2.41. The highest BCUT2D eigenvalue weighted by Crippen LogP contribution is 2.25. The van der Waals surface area contributed by atoms with Gasteiger partial charge in [0.15, 0.2) is 0 Å². The first-order valence-electron chi connectivity index (χ1n) is 6.57. The molecule has 1 aliphatic rings. The molecule has 2 heterocycles. The van der Waals surface area contributed by atoms with Crippen LogP contribution >= 0.6 is 11.3 Å². The van der Waals surface area contributed by atoms with Crippen molar-refractivity contribution in [2.45, 2.75) is 45.3 Å². The Morgan fingerprint density at radius 1 is 1.47 bits per heavy atom. The molecule has 1 aromatic rings. The van der Waals surface area contributed by atoms with Gasteiger partial charge >= 0.3 is 0 Å². The van der Waals surface area contributed by atoms with E-state index in [1.165, 1.54) is 17.8 Å². The molecule has 1 saturated heterocycles. The summed E-state index contributed by atoms with van der Waals surface area (Å²) in [7, 11) is 2.24. The van der Waals surface area contributed by atoms with Crippen molar-refractivity contribution in [3.63, 3.8) is 0 Å². The predicted octanol–water partition coefficient (Wildman–Crippen LogP) is 3.13. The molecule has 1 aromatic heterocycles. The number of thiophene rings is 1. The van der Waals surface area contributed by atoms with Gasteiger partial charge in [0.1, 0.15) is 0 Å². The molecule has 0 aliphatic carbocycles. The van der Waals surface area contributed by atoms with E-state index in [-0.39, 0.29) is 0 Å². The second-order valence-corrected chi connectivity index (χ2v) is 6.49. The van der Waals surface area contributed by atoms with Crippen LogP contribution in [0.5, 0.6) is 0 Å². The average molecular weight is 252 g/mol. The molecule has 1 N–H and O–H groups in total. The van der Waals surface area contributed by atoms with Crippen LogP contribution in [-0.4, -0.2) is 30.6 Å². The smallest absolute Gasteiger partial charge is 0.0388 e. The molecule has 3 heteroatoms. The summed E-state index contributed by atoms with van der Waals surface area (Å²) >= 11 is 1.85. The Balaban J connectivity index is 1.94. The highest BCUT2D eigenvalue weighted by atomic mass is 32.1. The van der Waals surface area contributed by atoms with Crippen molar-refractivity contribution in [2.24, 2.45) is 5.92 Å². The molecule has 3 unspecified atom stereocenters. The van der Waals surface area contributed by atoms with Gasteiger partial charge in [-0.2, -0.15) is 0 Å². The van der Waals surface area contributed by atoms with Crippen LogP contribution in [0.3, 0.4) is 0 Å². The van der Waals surface area contributed by atoms with Gasteiger partial charge in [-0.15, -0.1) is 11.3 Å². The lowest BCUT2D eigenvalue weighted by atomic mass is 9.89. The van der Waals surface area contributed by atoms with E-state index in [1.807, 2.05) is 11.3 Å². The van der Waals surface area contributed by atoms with Crippen molar-refractivity contribution in [1.82, 2.24) is 10.2 Å². The first kappa shape index (κ1) is 13.1. The molecule has 0 saturated carbocycles. The highest BCUT2D eigenvalue weighted by molar-refractivity contribution is 7.10. The van der Waals surface area contributed by atoms with E-state index < -0.39 is 0 Å². The molecule has 2 nitrogen and oxygen atoms in total. The zero-order valence-electron chi connectivity index (χ0n) is 11.3. The number of piperidine rings is 1. The summed E-state index contributed by atoms with van der Waals surface area (Å²) in [6.07, 6.45) is 1.26. The molecule has 4 atom stereocenters. The molecule has 1 aliphatic heterocycles. The topological polar surface area (TPSA) is 15.3 Å². The zero-order chi connectivity index (χ0) is 12.4. The number of likely N-dealkylation sites (tertiary alicyclic amines) is 1. The number of nitrogens with one attached hydrogen (secondary N) is 1. The second kappa shape index (κ2) is 5.51. The Labute approximate surface area is 109 Å². The van der Waals surface area contributed by atoms with E-state index in [9.17, 15) is 0 Å². The van der Waals surface area contributed by atoms with Gasteiger partial charge in [0.05, 0.1) is 0 Å². The number of rotatable bonds is 3. The maximum Gasteiger partial charge on any atom is 0.0388 e. The van der Waals surface area contributed by atoms with Gasteiger partial charge < -0.3 is 10.2 Å². The molecule has 0 amide bonds. The van der Waals surface area contributed by atoms with E-state index in [2.05, 4.69) is 55.5 Å². The Hall–Kier alpha value is -0.380. The van der Waals surface area contributed by atoms with Gasteiger partial charge in [0.2, 0.25) is 0 Å². The van der Waals surface area contributed by atoms with Crippen LogP contribution in [0.15, 0.2) is 17.5 Å². The molecule has 0 bridgehead atoms. The summed E-state index contributed by atoms with van der Waals surface area (Å²) < 4.78 is 0. The van der Waals surface area contributed by atoms with Crippen LogP contribution in [-0.2, 0) is 0 Å². The van der Waals surface area contributed by atoms with Crippen LogP contribution in [0.1, 0.15) is 38.1 Å². The average Bonchev–Trinajstić information content (AvgIpc) is 2.79. The van der Waals surface area contributed by atoms with Crippen LogP contribution in [0, 0.1) is 5.92 Å². The summed E-state index contributed by atoms with van der Waals surface area (Å²) in [5.41, 5.74) is 0. The first-order valence-corrected chi connectivity index (χ1v) is 7.45. The summed E-state index contributed by atoms with van der Waals surface area (Å²) in [6, 6.07) is 6.19. The Morgan fingerprint density at radius 3 is 2.88 bits per heavy atom. The lowest BCUT2D eigenvalue weighted by Crippen LogP contribution is -2.51. The van der Waals surface area contributed by atoms with Gasteiger partial charge in [0.25, 0.3) is 0 Å². The predicted molar refractivity (Wildman–Crippen MR) is 75.5 cm³/mol. The van der Waals surface area contributed by atoms with Crippen LogP contribution in [0.2, 0.25) is 0 Å². The summed E-state index contributed by atoms with van der Waals surface area (Å²) in [5.74, 6) is 0.735. The maximum atomic E-state index is 3.81. The minimum absolute atomic E-state index is 0.484. The van der Waals surface area contributed by atoms with Crippen molar-refractivity contribution >= 4 is 11.3 Å². The molecule has 2 rings (SSSR count). The lowest BCUT2D eigenvalue weighted by molar-refractivity contribution is 0.117. The second-order valence-electron chi connectivity index (χ2n) is 5.51. The first-order chi connectivity index (χ1) is 8.08. The van der Waals surface area contributed by atoms with Crippen molar-refractivity contribution in [1.29, 1.82) is 0 Å². The van der Waals surface area contributed by atoms with Crippen LogP contribution < -0.4 is 5.32 Å². The Morgan fingerprint density at radius 2 is 2.24 bits per heavy atom. The standard InChI is InChI=1S/C14H24N2S/c1-10-9-16(4)11(2)8-13(10)15-12(3)14-6-5-7-17-14/h5-7,10-13,15H,8-9H2,1-4H3/t10?,11?,12-,13?/m0/s1. The zero-order valence-corrected chi connectivity index (χ0v) is 12.1. The van der Waals surface area contributed by atoms with Crippen LogP contribution in [0.25, 0.3) is 0 Å². The fourth-order valence-electron chi connectivity index (χ4n) is 2.71. The van der Waals surface area contributed by atoms with Crippen molar-refractivity contribution in [2.75, 3.05) is 13.6 Å². The third-order valence-electron chi connectivity index (χ3n) is 4.04. The monoisotopic (exact) mass is 252 g/mol. The van der Waals surface area contributed by atoms with Gasteiger partial charge in [0, 0.05) is 29.5 Å². The maximum absolute atomic E-state index is 3.81. The largest absolute Gasteiger partial charge is 0.306 e. The molecule has 0 aromatic carbocycles. The highest BCUT2D eigenvalue weighted by Gasteiger charge is 2.29. The van der Waals surface area contributed by atoms with E-state index in [0.717, 1.165) is 5.92 Å². The van der Waals surface area contributed by atoms with E-state index >= 15 is 0 Å². The van der Waals surface area contributed by atoms with Crippen molar-refractivity contribution in [3.8, 4) is 0 Å². The summed E-state index contributed by atoms with van der Waals surface area (Å²) in [4.78, 5) is 3.92. The Kier molecular flexibility index (Phi) is 4.23. The Bertz CT molecular complexity index is 336. The van der Waals surface area contributed by atoms with Crippen molar-refractivity contribution < 1.29 is 0 Å². The van der Waals surface area contributed by atoms with Crippen LogP contribution in [0.4, 0.5) is 0 Å². The third-order valence-corrected chi connectivity index (χ3v) is 5.10. The molecular formula is C14H24N2S. The molecule has 1 fully saturated rings. The molecular weight excluding hydrogens is 228 g/mol. The molecule has 96 valence electrons. The van der Waals surface area contributed by atoms with E-state index in [1.54, 1.807) is 0 Å². The summed E-state index contributed by atoms with van der Waals surface area (Å²) in [6.45, 7) is 8.18. The van der Waals surface area contributed by atoms with E-state index in [0.29, 0.717) is 18.1 Å². The molecule has 0 spiro atoms. The van der Waals surface area contributed by atoms with Gasteiger partial charge in [-0.05, 0) is 44.7 Å². The van der Waals surface area contributed by atoms with Crippen molar-refractivity contribution in [3.05, 3.63) is 22.4 Å². The van der Waals surface area contributed by atoms with Gasteiger partial charge in [-0.1, -0.05) is 13.0 Å². The van der Waals surface area contributed by atoms with E-state index in [4.69, 9.17) is 0 Å². The number of nitrogens with zero attached hydrogens (tertiary/aromatic N) is 1. The third kappa shape index (κ3) is 3.09. The normalized spacial score (nSPS) is 32.6. The SMILES string of the molecule is CC1CN(C)C(C)CC1N[C@@H](C)c1cccs1. The number of hydrogen-bond donors (Lipinski definition) is 1.